The highest BCUT2D eigenvalue weighted by atomic mass is 16.5. The highest BCUT2D eigenvalue weighted by Crippen LogP contribution is 2.04. The number of carbonyl (C=O) groups is 1. The first-order valence-electron chi connectivity index (χ1n) is 8.17. The van der Waals surface area contributed by atoms with Crippen LogP contribution in [0.3, 0.4) is 0 Å². The van der Waals surface area contributed by atoms with Crippen LogP contribution in [0.2, 0.25) is 0 Å². The molecule has 0 radical (unpaired) electrons. The summed E-state index contributed by atoms with van der Waals surface area (Å²) >= 11 is 0. The van der Waals surface area contributed by atoms with Crippen molar-refractivity contribution < 1.29 is 9.32 Å². The number of nitrogens with zero attached hydrogens (tertiary/aromatic N) is 6. The van der Waals surface area contributed by atoms with E-state index in [-0.39, 0.29) is 5.91 Å². The van der Waals surface area contributed by atoms with E-state index in [9.17, 15) is 4.79 Å². The van der Waals surface area contributed by atoms with Crippen LogP contribution in [-0.4, -0.2) is 90.6 Å². The number of aryl methyl sites for hydroxylation is 1. The zero-order valence-electron chi connectivity index (χ0n) is 14.9. The summed E-state index contributed by atoms with van der Waals surface area (Å²) in [5.74, 6) is 2.18. The fourth-order valence-electron chi connectivity index (χ4n) is 2.56. The second kappa shape index (κ2) is 8.62. The van der Waals surface area contributed by atoms with Gasteiger partial charge in [-0.25, -0.2) is 0 Å². The molecule has 0 unspecified atom stereocenters. The van der Waals surface area contributed by atoms with Crippen molar-refractivity contribution in [2.24, 2.45) is 4.99 Å². The van der Waals surface area contributed by atoms with Crippen LogP contribution in [0.15, 0.2) is 9.52 Å². The molecule has 134 valence electrons. The maximum absolute atomic E-state index is 11.7. The first kappa shape index (κ1) is 18.2. The molecule has 1 aromatic heterocycles. The van der Waals surface area contributed by atoms with Crippen LogP contribution in [0.25, 0.3) is 0 Å². The minimum Gasteiger partial charge on any atom is -0.349 e. The molecule has 0 bridgehead atoms. The third kappa shape index (κ3) is 5.19. The van der Waals surface area contributed by atoms with Crippen molar-refractivity contribution in [1.29, 1.82) is 0 Å². The van der Waals surface area contributed by atoms with E-state index >= 15 is 0 Å². The number of piperazine rings is 1. The van der Waals surface area contributed by atoms with Crippen molar-refractivity contribution >= 4 is 11.9 Å². The third-order valence-electron chi connectivity index (χ3n) is 4.00. The standard InChI is InChI=1S/C15H27N7O2/c1-12-18-13(19-24-12)11-17-15(16-2)22-9-7-21(8-10-22)6-5-14(23)20(3)4/h5-11H2,1-4H3,(H,16,17). The summed E-state index contributed by atoms with van der Waals surface area (Å²) in [4.78, 5) is 26.3. The molecule has 0 aromatic carbocycles. The van der Waals surface area contributed by atoms with Gasteiger partial charge in [-0.2, -0.15) is 4.98 Å². The van der Waals surface area contributed by atoms with E-state index in [1.807, 2.05) is 0 Å². The molecule has 2 rings (SSSR count). The van der Waals surface area contributed by atoms with Crippen LogP contribution in [0.1, 0.15) is 18.1 Å². The van der Waals surface area contributed by atoms with Gasteiger partial charge < -0.3 is 19.6 Å². The van der Waals surface area contributed by atoms with Gasteiger partial charge in [-0.3, -0.25) is 14.7 Å². The Morgan fingerprint density at radius 2 is 2.04 bits per heavy atom. The molecular formula is C15H27N7O2. The van der Waals surface area contributed by atoms with Crippen LogP contribution in [0.4, 0.5) is 0 Å². The Morgan fingerprint density at radius 3 is 2.58 bits per heavy atom. The Hall–Kier alpha value is -2.16. The van der Waals surface area contributed by atoms with Gasteiger partial charge in [0.25, 0.3) is 0 Å². The number of hydrogen-bond donors (Lipinski definition) is 1. The molecule has 0 saturated carbocycles. The number of carbonyl (C=O) groups excluding carboxylic acids is 1. The average molecular weight is 337 g/mol. The highest BCUT2D eigenvalue weighted by Gasteiger charge is 2.20. The maximum Gasteiger partial charge on any atom is 0.223 e. The Labute approximate surface area is 142 Å². The Kier molecular flexibility index (Phi) is 6.53. The van der Waals surface area contributed by atoms with Crippen molar-refractivity contribution in [3.8, 4) is 0 Å². The number of rotatable bonds is 5. The van der Waals surface area contributed by atoms with Gasteiger partial charge in [0.15, 0.2) is 11.8 Å². The largest absolute Gasteiger partial charge is 0.349 e. The van der Waals surface area contributed by atoms with E-state index in [0.29, 0.717) is 24.7 Å². The summed E-state index contributed by atoms with van der Waals surface area (Å²) in [6.45, 7) is 6.65. The molecule has 9 heteroatoms. The molecule has 1 aromatic rings. The lowest BCUT2D eigenvalue weighted by Gasteiger charge is -2.36. The van der Waals surface area contributed by atoms with Crippen molar-refractivity contribution in [3.63, 3.8) is 0 Å². The predicted molar refractivity (Wildman–Crippen MR) is 90.6 cm³/mol. The minimum absolute atomic E-state index is 0.172. The van der Waals surface area contributed by atoms with E-state index in [2.05, 4.69) is 30.2 Å². The molecule has 1 fully saturated rings. The van der Waals surface area contributed by atoms with Crippen molar-refractivity contribution in [1.82, 2.24) is 30.2 Å². The maximum atomic E-state index is 11.7. The average Bonchev–Trinajstić information content (AvgIpc) is 2.99. The fourth-order valence-corrected chi connectivity index (χ4v) is 2.56. The SMILES string of the molecule is CN=C(NCc1noc(C)n1)N1CCN(CCC(=O)N(C)C)CC1. The van der Waals surface area contributed by atoms with E-state index in [4.69, 9.17) is 4.52 Å². The van der Waals surface area contributed by atoms with E-state index in [0.717, 1.165) is 38.7 Å². The first-order valence-corrected chi connectivity index (χ1v) is 8.17. The molecule has 0 aliphatic carbocycles. The molecule has 1 N–H and O–H groups in total. The monoisotopic (exact) mass is 337 g/mol. The molecular weight excluding hydrogens is 310 g/mol. The molecule has 9 nitrogen and oxygen atoms in total. The van der Waals surface area contributed by atoms with Gasteiger partial charge in [-0.1, -0.05) is 5.16 Å². The lowest BCUT2D eigenvalue weighted by Crippen LogP contribution is -2.52. The van der Waals surface area contributed by atoms with Gasteiger partial charge in [-0.05, 0) is 0 Å². The minimum atomic E-state index is 0.172. The normalized spacial score (nSPS) is 16.3. The highest BCUT2D eigenvalue weighted by molar-refractivity contribution is 5.80. The van der Waals surface area contributed by atoms with Gasteiger partial charge in [0.05, 0.1) is 6.54 Å². The summed E-state index contributed by atoms with van der Waals surface area (Å²) in [6.07, 6.45) is 0.567. The smallest absolute Gasteiger partial charge is 0.223 e. The summed E-state index contributed by atoms with van der Waals surface area (Å²) < 4.78 is 4.96. The number of amides is 1. The Bertz CT molecular complexity index is 562. The molecule has 2 heterocycles. The lowest BCUT2D eigenvalue weighted by molar-refractivity contribution is -0.129. The predicted octanol–water partition coefficient (Wildman–Crippen LogP) is -0.451. The molecule has 24 heavy (non-hydrogen) atoms. The van der Waals surface area contributed by atoms with E-state index in [1.165, 1.54) is 0 Å². The van der Waals surface area contributed by atoms with Crippen LogP contribution < -0.4 is 5.32 Å². The summed E-state index contributed by atoms with van der Waals surface area (Å²) in [5.41, 5.74) is 0. The van der Waals surface area contributed by atoms with Gasteiger partial charge in [-0.15, -0.1) is 0 Å². The Balaban J connectivity index is 1.74. The van der Waals surface area contributed by atoms with Crippen LogP contribution >= 0.6 is 0 Å². The lowest BCUT2D eigenvalue weighted by atomic mass is 10.3. The molecule has 0 atom stereocenters. The number of aliphatic imine (C=N–C) groups is 1. The fraction of sp³-hybridized carbons (Fsp3) is 0.733. The quantitative estimate of drug-likeness (QED) is 0.575. The first-order chi connectivity index (χ1) is 11.5. The second-order valence-corrected chi connectivity index (χ2v) is 6.00. The second-order valence-electron chi connectivity index (χ2n) is 6.00. The number of hydrogen-bond acceptors (Lipinski definition) is 6. The van der Waals surface area contributed by atoms with Gasteiger partial charge in [0.2, 0.25) is 11.8 Å². The van der Waals surface area contributed by atoms with Gasteiger partial charge in [0, 0.05) is 67.2 Å². The van der Waals surface area contributed by atoms with E-state index in [1.54, 1.807) is 33.0 Å². The molecule has 0 spiro atoms. The van der Waals surface area contributed by atoms with Crippen molar-refractivity contribution in [2.75, 3.05) is 53.9 Å². The molecule has 1 aliphatic heterocycles. The molecule has 1 saturated heterocycles. The topological polar surface area (TPSA) is 90.1 Å². The van der Waals surface area contributed by atoms with Crippen LogP contribution in [0.5, 0.6) is 0 Å². The number of nitrogens with one attached hydrogen (secondary N) is 1. The molecule has 1 amide bonds. The summed E-state index contributed by atoms with van der Waals surface area (Å²) in [6, 6.07) is 0. The van der Waals surface area contributed by atoms with Crippen LogP contribution in [0, 0.1) is 6.92 Å². The van der Waals surface area contributed by atoms with Crippen LogP contribution in [-0.2, 0) is 11.3 Å². The summed E-state index contributed by atoms with van der Waals surface area (Å²) in [5, 5.41) is 7.13. The molecule has 1 aliphatic rings. The number of aromatic nitrogens is 2. The van der Waals surface area contributed by atoms with Gasteiger partial charge in [0.1, 0.15) is 0 Å². The van der Waals surface area contributed by atoms with E-state index < -0.39 is 0 Å². The summed E-state index contributed by atoms with van der Waals surface area (Å²) in [7, 11) is 5.36. The van der Waals surface area contributed by atoms with Gasteiger partial charge >= 0.3 is 0 Å². The zero-order valence-corrected chi connectivity index (χ0v) is 14.9. The third-order valence-corrected chi connectivity index (χ3v) is 4.00. The van der Waals surface area contributed by atoms with Crippen molar-refractivity contribution in [3.05, 3.63) is 11.7 Å². The zero-order chi connectivity index (χ0) is 17.5. The van der Waals surface area contributed by atoms with Crippen molar-refractivity contribution in [2.45, 2.75) is 19.9 Å². The Morgan fingerprint density at radius 1 is 1.33 bits per heavy atom. The number of guanidine groups is 1.